The minimum Gasteiger partial charge on any atom is -0.381 e. The molecule has 0 fully saturated rings. The van der Waals surface area contributed by atoms with Crippen LogP contribution in [0.1, 0.15) is 25.0 Å². The maximum absolute atomic E-state index is 11.4. The Morgan fingerprint density at radius 3 is 2.42 bits per heavy atom. The minimum absolute atomic E-state index is 0.559. The molecule has 0 saturated carbocycles. The quantitative estimate of drug-likeness (QED) is 0.703. The summed E-state index contributed by atoms with van der Waals surface area (Å²) in [4.78, 5) is 26.4. The molecule has 6 nitrogen and oxygen atoms in total. The predicted molar refractivity (Wildman–Crippen MR) is 93.1 cm³/mol. The Balaban J connectivity index is 1.91. The second kappa shape index (κ2) is 7.59. The predicted octanol–water partition coefficient (Wildman–Crippen LogP) is 1.62. The number of primary amides is 1. The molecule has 126 valence electrons. The molecule has 2 rings (SSSR count). The van der Waals surface area contributed by atoms with Gasteiger partial charge in [-0.15, -0.1) is 0 Å². The highest BCUT2D eigenvalue weighted by Gasteiger charge is 2.23. The summed E-state index contributed by atoms with van der Waals surface area (Å²) in [6.07, 6.45) is 4.16. The van der Waals surface area contributed by atoms with Gasteiger partial charge in [0.25, 0.3) is 0 Å². The summed E-state index contributed by atoms with van der Waals surface area (Å²) in [5.74, 6) is -1.74. The molecule has 0 aliphatic heterocycles. The van der Waals surface area contributed by atoms with Crippen molar-refractivity contribution in [3.05, 3.63) is 59.9 Å². The second-order valence-electron chi connectivity index (χ2n) is 6.29. The lowest BCUT2D eigenvalue weighted by molar-refractivity contribution is -0.138. The number of carbonyl (C=O) groups excluding carboxylic acids is 2. The molecule has 2 amide bonds. The largest absolute Gasteiger partial charge is 0.381 e. The van der Waals surface area contributed by atoms with Gasteiger partial charge < -0.3 is 16.4 Å². The van der Waals surface area contributed by atoms with Crippen LogP contribution in [0.15, 0.2) is 48.8 Å². The van der Waals surface area contributed by atoms with E-state index in [1.807, 2.05) is 56.4 Å². The summed E-state index contributed by atoms with van der Waals surface area (Å²) in [5, 5.41) is 5.96. The van der Waals surface area contributed by atoms with E-state index in [1.54, 1.807) is 6.20 Å². The van der Waals surface area contributed by atoms with E-state index in [-0.39, 0.29) is 0 Å². The number of anilines is 1. The summed E-state index contributed by atoms with van der Waals surface area (Å²) in [6.45, 7) is 4.40. The van der Waals surface area contributed by atoms with E-state index in [0.29, 0.717) is 13.0 Å². The van der Waals surface area contributed by atoms with Gasteiger partial charge in [-0.2, -0.15) is 0 Å². The van der Waals surface area contributed by atoms with Gasteiger partial charge in [-0.25, -0.2) is 0 Å². The number of benzene rings is 1. The molecule has 0 atom stereocenters. The van der Waals surface area contributed by atoms with Gasteiger partial charge in [-0.1, -0.05) is 18.2 Å². The fourth-order valence-electron chi connectivity index (χ4n) is 2.37. The van der Waals surface area contributed by atoms with E-state index in [4.69, 9.17) is 5.73 Å². The molecule has 2 aromatic rings. The summed E-state index contributed by atoms with van der Waals surface area (Å²) in [6, 6.07) is 11.9. The van der Waals surface area contributed by atoms with Crippen molar-refractivity contribution in [3.63, 3.8) is 0 Å². The lowest BCUT2D eigenvalue weighted by Crippen LogP contribution is -2.49. The first-order chi connectivity index (χ1) is 11.4. The zero-order chi connectivity index (χ0) is 17.6. The van der Waals surface area contributed by atoms with Crippen LogP contribution in [-0.2, 0) is 22.6 Å². The van der Waals surface area contributed by atoms with Crippen LogP contribution in [0, 0.1) is 0 Å². The van der Waals surface area contributed by atoms with E-state index >= 15 is 0 Å². The SMILES string of the molecule is CC(C)(Cc1ccc(NCc2cccnc2)cc1)NC(=O)C(N)=O. The molecule has 0 aliphatic carbocycles. The van der Waals surface area contributed by atoms with Crippen molar-refractivity contribution >= 4 is 17.5 Å². The highest BCUT2D eigenvalue weighted by atomic mass is 16.2. The monoisotopic (exact) mass is 326 g/mol. The first-order valence-corrected chi connectivity index (χ1v) is 7.69. The van der Waals surface area contributed by atoms with E-state index in [2.05, 4.69) is 15.6 Å². The zero-order valence-electron chi connectivity index (χ0n) is 13.9. The van der Waals surface area contributed by atoms with Crippen LogP contribution in [0.3, 0.4) is 0 Å². The van der Waals surface area contributed by atoms with Crippen LogP contribution in [0.4, 0.5) is 5.69 Å². The number of aromatic nitrogens is 1. The number of hydrogen-bond acceptors (Lipinski definition) is 4. The number of hydrogen-bond donors (Lipinski definition) is 3. The Morgan fingerprint density at radius 1 is 1.12 bits per heavy atom. The third kappa shape index (κ3) is 5.39. The van der Waals surface area contributed by atoms with Gasteiger partial charge in [0, 0.05) is 30.2 Å². The Kier molecular flexibility index (Phi) is 5.52. The maximum Gasteiger partial charge on any atom is 0.309 e. The normalized spacial score (nSPS) is 10.9. The molecular formula is C18H22N4O2. The number of nitrogens with zero attached hydrogens (tertiary/aromatic N) is 1. The minimum atomic E-state index is -0.974. The average molecular weight is 326 g/mol. The molecule has 6 heteroatoms. The standard InChI is InChI=1S/C18H22N4O2/c1-18(2,22-17(24)16(19)23)10-13-5-7-15(8-6-13)21-12-14-4-3-9-20-11-14/h3-9,11,21H,10,12H2,1-2H3,(H2,19,23)(H,22,24). The molecule has 0 bridgehead atoms. The molecule has 24 heavy (non-hydrogen) atoms. The van der Waals surface area contributed by atoms with Crippen LogP contribution < -0.4 is 16.4 Å². The maximum atomic E-state index is 11.4. The number of pyridine rings is 1. The van der Waals surface area contributed by atoms with E-state index in [9.17, 15) is 9.59 Å². The topological polar surface area (TPSA) is 97.1 Å². The van der Waals surface area contributed by atoms with Crippen molar-refractivity contribution < 1.29 is 9.59 Å². The fourth-order valence-corrected chi connectivity index (χ4v) is 2.37. The first-order valence-electron chi connectivity index (χ1n) is 7.69. The summed E-state index contributed by atoms with van der Waals surface area (Å²) in [5.41, 5.74) is 7.58. The van der Waals surface area contributed by atoms with Crippen LogP contribution in [0.2, 0.25) is 0 Å². The first kappa shape index (κ1) is 17.5. The molecular weight excluding hydrogens is 304 g/mol. The molecule has 0 aliphatic rings. The number of nitrogens with two attached hydrogens (primary N) is 1. The average Bonchev–Trinajstić information content (AvgIpc) is 2.54. The molecule has 0 radical (unpaired) electrons. The van der Waals surface area contributed by atoms with Gasteiger partial charge in [0.2, 0.25) is 0 Å². The van der Waals surface area contributed by atoms with Crippen LogP contribution in [0.5, 0.6) is 0 Å². The molecule has 1 aromatic carbocycles. The Hall–Kier alpha value is -2.89. The van der Waals surface area contributed by atoms with Crippen molar-refractivity contribution in [3.8, 4) is 0 Å². The highest BCUT2D eigenvalue weighted by molar-refractivity contribution is 6.34. The van der Waals surface area contributed by atoms with Gasteiger partial charge in [-0.3, -0.25) is 14.6 Å². The lowest BCUT2D eigenvalue weighted by atomic mass is 9.94. The van der Waals surface area contributed by atoms with Crippen molar-refractivity contribution in [2.24, 2.45) is 5.73 Å². The van der Waals surface area contributed by atoms with Gasteiger partial charge in [0.05, 0.1) is 0 Å². The molecule has 0 unspecified atom stereocenters. The zero-order valence-corrected chi connectivity index (χ0v) is 13.9. The second-order valence-corrected chi connectivity index (χ2v) is 6.29. The number of nitrogens with one attached hydrogen (secondary N) is 2. The molecule has 1 aromatic heterocycles. The Bertz CT molecular complexity index is 697. The van der Waals surface area contributed by atoms with Gasteiger partial charge >= 0.3 is 11.8 Å². The third-order valence-corrected chi connectivity index (χ3v) is 3.50. The molecule has 0 spiro atoms. The third-order valence-electron chi connectivity index (χ3n) is 3.50. The van der Waals surface area contributed by atoms with Gasteiger partial charge in [0.1, 0.15) is 0 Å². The Labute approximate surface area is 141 Å². The van der Waals surface area contributed by atoms with Crippen LogP contribution in [-0.4, -0.2) is 22.3 Å². The molecule has 1 heterocycles. The fraction of sp³-hybridized carbons (Fsp3) is 0.278. The van der Waals surface area contributed by atoms with E-state index < -0.39 is 17.4 Å². The Morgan fingerprint density at radius 2 is 1.83 bits per heavy atom. The summed E-state index contributed by atoms with van der Waals surface area (Å²) in [7, 11) is 0. The molecule has 4 N–H and O–H groups in total. The van der Waals surface area contributed by atoms with Crippen molar-refractivity contribution in [1.82, 2.24) is 10.3 Å². The highest BCUT2D eigenvalue weighted by Crippen LogP contribution is 2.16. The lowest BCUT2D eigenvalue weighted by Gasteiger charge is -2.25. The van der Waals surface area contributed by atoms with Crippen molar-refractivity contribution in [2.75, 3.05) is 5.32 Å². The number of rotatable bonds is 6. The summed E-state index contributed by atoms with van der Waals surface area (Å²) >= 11 is 0. The van der Waals surface area contributed by atoms with E-state index in [1.165, 1.54) is 0 Å². The van der Waals surface area contributed by atoms with Gasteiger partial charge in [0.15, 0.2) is 0 Å². The summed E-state index contributed by atoms with van der Waals surface area (Å²) < 4.78 is 0. The van der Waals surface area contributed by atoms with Crippen molar-refractivity contribution in [2.45, 2.75) is 32.4 Å². The van der Waals surface area contributed by atoms with Crippen molar-refractivity contribution in [1.29, 1.82) is 0 Å². The smallest absolute Gasteiger partial charge is 0.309 e. The van der Waals surface area contributed by atoms with Crippen LogP contribution >= 0.6 is 0 Å². The van der Waals surface area contributed by atoms with Crippen LogP contribution in [0.25, 0.3) is 0 Å². The number of carbonyl (C=O) groups is 2. The molecule has 0 saturated heterocycles. The number of amides is 2. The van der Waals surface area contributed by atoms with E-state index in [0.717, 1.165) is 16.8 Å². The van der Waals surface area contributed by atoms with Gasteiger partial charge in [-0.05, 0) is 49.6 Å².